The number of imidazole rings is 1. The van der Waals surface area contributed by atoms with E-state index in [9.17, 15) is 4.79 Å². The van der Waals surface area contributed by atoms with E-state index in [-0.39, 0.29) is 11.8 Å². The predicted octanol–water partition coefficient (Wildman–Crippen LogP) is 5.36. The van der Waals surface area contributed by atoms with E-state index >= 15 is 0 Å². The molecule has 1 atom stereocenters. The lowest BCUT2D eigenvalue weighted by Crippen LogP contribution is -2.24. The zero-order valence-electron chi connectivity index (χ0n) is 17.1. The van der Waals surface area contributed by atoms with Crippen LogP contribution in [0, 0.1) is 13.8 Å². The molecule has 4 heteroatoms. The molecule has 28 heavy (non-hydrogen) atoms. The van der Waals surface area contributed by atoms with Crippen molar-refractivity contribution in [3.63, 3.8) is 0 Å². The normalized spacial score (nSPS) is 17.0. The average Bonchev–Trinajstić information content (AvgIpc) is 3.22. The Labute approximate surface area is 167 Å². The number of nitrogens with zero attached hydrogens (tertiary/aromatic N) is 3. The van der Waals surface area contributed by atoms with E-state index in [1.165, 1.54) is 29.5 Å². The summed E-state index contributed by atoms with van der Waals surface area (Å²) in [5, 5.41) is 0. The van der Waals surface area contributed by atoms with Crippen molar-refractivity contribution in [2.24, 2.45) is 0 Å². The summed E-state index contributed by atoms with van der Waals surface area (Å²) in [6.07, 6.45) is 4.09. The molecule has 1 aliphatic rings. The summed E-state index contributed by atoms with van der Waals surface area (Å²) < 4.78 is 2.36. The van der Waals surface area contributed by atoms with Crippen LogP contribution in [0.4, 0.5) is 5.69 Å². The van der Waals surface area contributed by atoms with Gasteiger partial charge < -0.3 is 9.47 Å². The van der Waals surface area contributed by atoms with Crippen molar-refractivity contribution in [1.82, 2.24) is 9.55 Å². The zero-order chi connectivity index (χ0) is 19.7. The minimum atomic E-state index is 0.141. The van der Waals surface area contributed by atoms with Gasteiger partial charge in [-0.3, -0.25) is 4.79 Å². The van der Waals surface area contributed by atoms with Crippen LogP contribution < -0.4 is 4.90 Å². The highest BCUT2D eigenvalue weighted by atomic mass is 16.2. The third-order valence-electron chi connectivity index (χ3n) is 5.68. The van der Waals surface area contributed by atoms with Gasteiger partial charge in [-0.05, 0) is 55.7 Å². The van der Waals surface area contributed by atoms with Crippen LogP contribution in [0.3, 0.4) is 0 Å². The topological polar surface area (TPSA) is 38.1 Å². The first-order valence-corrected chi connectivity index (χ1v) is 10.4. The van der Waals surface area contributed by atoms with Gasteiger partial charge in [0.2, 0.25) is 5.91 Å². The molecule has 0 radical (unpaired) electrons. The SMILES string of the molecule is CCCCCn1c(C2CC(=O)N(c3cc(C)cc(C)c3)C2)nc2ccccc21. The summed E-state index contributed by atoms with van der Waals surface area (Å²) in [6.45, 7) is 8.07. The number of para-hydroxylation sites is 2. The summed E-state index contributed by atoms with van der Waals surface area (Å²) in [7, 11) is 0. The van der Waals surface area contributed by atoms with Crippen molar-refractivity contribution in [3.8, 4) is 0 Å². The first-order chi connectivity index (χ1) is 13.6. The van der Waals surface area contributed by atoms with Crippen LogP contribution in [0.2, 0.25) is 0 Å². The summed E-state index contributed by atoms with van der Waals surface area (Å²) in [5.74, 6) is 1.40. The molecule has 1 amide bonds. The second-order valence-corrected chi connectivity index (χ2v) is 8.07. The molecule has 0 spiro atoms. The molecule has 1 fully saturated rings. The fraction of sp³-hybridized carbons (Fsp3) is 0.417. The van der Waals surface area contributed by atoms with E-state index < -0.39 is 0 Å². The summed E-state index contributed by atoms with van der Waals surface area (Å²) >= 11 is 0. The Morgan fingerprint density at radius 3 is 2.57 bits per heavy atom. The lowest BCUT2D eigenvalue weighted by atomic mass is 10.1. The van der Waals surface area contributed by atoms with E-state index in [0.29, 0.717) is 13.0 Å². The third-order valence-corrected chi connectivity index (χ3v) is 5.68. The number of amides is 1. The van der Waals surface area contributed by atoms with Gasteiger partial charge in [-0.25, -0.2) is 4.98 Å². The van der Waals surface area contributed by atoms with E-state index in [2.05, 4.69) is 61.7 Å². The Balaban J connectivity index is 1.66. The molecule has 0 saturated carbocycles. The largest absolute Gasteiger partial charge is 0.328 e. The molecule has 2 heterocycles. The first-order valence-electron chi connectivity index (χ1n) is 10.4. The van der Waals surface area contributed by atoms with E-state index in [4.69, 9.17) is 4.98 Å². The Kier molecular flexibility index (Phi) is 5.21. The molecule has 2 aromatic carbocycles. The monoisotopic (exact) mass is 375 g/mol. The van der Waals surface area contributed by atoms with Gasteiger partial charge in [0.1, 0.15) is 5.82 Å². The molecule has 0 bridgehead atoms. The Bertz CT molecular complexity index is 984. The van der Waals surface area contributed by atoms with Crippen LogP contribution in [0.1, 0.15) is 55.5 Å². The lowest BCUT2D eigenvalue weighted by Gasteiger charge is -2.18. The van der Waals surface area contributed by atoms with Crippen LogP contribution in [0.25, 0.3) is 11.0 Å². The van der Waals surface area contributed by atoms with Crippen LogP contribution in [-0.4, -0.2) is 22.0 Å². The number of anilines is 1. The maximum atomic E-state index is 12.9. The zero-order valence-corrected chi connectivity index (χ0v) is 17.1. The number of hydrogen-bond donors (Lipinski definition) is 0. The molecule has 0 aliphatic carbocycles. The molecule has 1 unspecified atom stereocenters. The quantitative estimate of drug-likeness (QED) is 0.544. The maximum Gasteiger partial charge on any atom is 0.227 e. The Morgan fingerprint density at radius 2 is 1.82 bits per heavy atom. The number of unbranched alkanes of at least 4 members (excludes halogenated alkanes) is 2. The third kappa shape index (κ3) is 3.56. The molecule has 1 aromatic heterocycles. The van der Waals surface area contributed by atoms with Gasteiger partial charge in [-0.1, -0.05) is 38.0 Å². The van der Waals surface area contributed by atoms with Gasteiger partial charge in [0.25, 0.3) is 0 Å². The molecule has 0 N–H and O–H groups in total. The van der Waals surface area contributed by atoms with Gasteiger partial charge in [0, 0.05) is 31.1 Å². The van der Waals surface area contributed by atoms with Crippen LogP contribution in [-0.2, 0) is 11.3 Å². The number of hydrogen-bond acceptors (Lipinski definition) is 2. The highest BCUT2D eigenvalue weighted by Gasteiger charge is 2.34. The fourth-order valence-electron chi connectivity index (χ4n) is 4.40. The number of benzene rings is 2. The van der Waals surface area contributed by atoms with Crippen molar-refractivity contribution in [1.29, 1.82) is 0 Å². The fourth-order valence-corrected chi connectivity index (χ4v) is 4.40. The van der Waals surface area contributed by atoms with E-state index in [0.717, 1.165) is 30.0 Å². The Hall–Kier alpha value is -2.62. The van der Waals surface area contributed by atoms with E-state index in [1.54, 1.807) is 0 Å². The van der Waals surface area contributed by atoms with Gasteiger partial charge >= 0.3 is 0 Å². The highest BCUT2D eigenvalue weighted by Crippen LogP contribution is 2.34. The predicted molar refractivity (Wildman–Crippen MR) is 115 cm³/mol. The minimum Gasteiger partial charge on any atom is -0.328 e. The van der Waals surface area contributed by atoms with Crippen LogP contribution in [0.5, 0.6) is 0 Å². The minimum absolute atomic E-state index is 0.141. The lowest BCUT2D eigenvalue weighted by molar-refractivity contribution is -0.117. The molecule has 146 valence electrons. The molecular weight excluding hydrogens is 346 g/mol. The van der Waals surface area contributed by atoms with Crippen LogP contribution >= 0.6 is 0 Å². The number of aryl methyl sites for hydroxylation is 3. The van der Waals surface area contributed by atoms with Gasteiger partial charge in [-0.2, -0.15) is 0 Å². The summed E-state index contributed by atoms with van der Waals surface area (Å²) in [4.78, 5) is 19.8. The smallest absolute Gasteiger partial charge is 0.227 e. The molecule has 1 aliphatic heterocycles. The standard InChI is InChI=1S/C24H29N3O/c1-4-5-8-11-26-22-10-7-6-9-21(22)25-24(26)19-15-23(28)27(16-19)20-13-17(2)12-18(3)14-20/h6-7,9-10,12-14,19H,4-5,8,11,15-16H2,1-3H3. The van der Waals surface area contributed by atoms with Crippen molar-refractivity contribution in [3.05, 3.63) is 59.4 Å². The van der Waals surface area contributed by atoms with Crippen molar-refractivity contribution in [2.45, 2.75) is 58.9 Å². The first kappa shape index (κ1) is 18.7. The molecule has 4 rings (SSSR count). The highest BCUT2D eigenvalue weighted by molar-refractivity contribution is 5.96. The number of carbonyl (C=O) groups excluding carboxylic acids is 1. The van der Waals surface area contributed by atoms with Crippen LogP contribution in [0.15, 0.2) is 42.5 Å². The number of aromatic nitrogens is 2. The summed E-state index contributed by atoms with van der Waals surface area (Å²) in [6, 6.07) is 14.7. The number of fused-ring (bicyclic) bond motifs is 1. The second kappa shape index (κ2) is 7.78. The number of carbonyl (C=O) groups is 1. The molecule has 1 saturated heterocycles. The average molecular weight is 376 g/mol. The Morgan fingerprint density at radius 1 is 1.07 bits per heavy atom. The van der Waals surface area contributed by atoms with Crippen molar-refractivity contribution in [2.75, 3.05) is 11.4 Å². The second-order valence-electron chi connectivity index (χ2n) is 8.07. The summed E-state index contributed by atoms with van der Waals surface area (Å²) in [5.41, 5.74) is 5.62. The van der Waals surface area contributed by atoms with Gasteiger partial charge in [-0.15, -0.1) is 0 Å². The maximum absolute atomic E-state index is 12.9. The molecule has 3 aromatic rings. The van der Waals surface area contributed by atoms with Gasteiger partial charge in [0.05, 0.1) is 11.0 Å². The molecular formula is C24H29N3O. The van der Waals surface area contributed by atoms with Crippen molar-refractivity contribution < 1.29 is 4.79 Å². The molecule has 4 nitrogen and oxygen atoms in total. The number of rotatable bonds is 6. The van der Waals surface area contributed by atoms with Gasteiger partial charge in [0.15, 0.2) is 0 Å². The van der Waals surface area contributed by atoms with Crippen molar-refractivity contribution >= 4 is 22.6 Å². The van der Waals surface area contributed by atoms with E-state index in [1.807, 2.05) is 11.0 Å².